The minimum atomic E-state index is -6.72. The van der Waals surface area contributed by atoms with Crippen LogP contribution in [0.3, 0.4) is 0 Å². The molecule has 0 fully saturated rings. The molecule has 0 heterocycles. The monoisotopic (exact) mass is 606 g/mol. The van der Waals surface area contributed by atoms with Gasteiger partial charge in [0.15, 0.2) is 20.0 Å². The van der Waals surface area contributed by atoms with E-state index in [0.717, 1.165) is 4.13 Å². The summed E-state index contributed by atoms with van der Waals surface area (Å²) >= 11 is 0. The number of nitrogens with zero attached hydrogens (tertiary/aromatic N) is 2. The zero-order chi connectivity index (χ0) is 29.9. The molecule has 0 aromatic rings. The molecular weight excluding hydrogens is 558 g/mol. The summed E-state index contributed by atoms with van der Waals surface area (Å²) in [6.45, 7) is 15.1. The average Bonchev–Trinajstić information content (AvgIpc) is 2.79. The van der Waals surface area contributed by atoms with Crippen molar-refractivity contribution in [3.63, 3.8) is 0 Å². The standard InChI is InChI=1S/C22H48N.C2F6NO4S2/c1-5-9-13-14-15-16-17-18-22-23(19-10-6-2,20-11-7-3)21-12-8-4;3-1(4,5)14(10,11)9-15(12,13)2(6,7)8/h5-22H2,1-4H3;/q+1;-1. The van der Waals surface area contributed by atoms with E-state index < -0.39 is 31.1 Å². The Kier molecular flexibility index (Phi) is 20.3. The van der Waals surface area contributed by atoms with Gasteiger partial charge in [-0.1, -0.05) is 85.5 Å². The maximum atomic E-state index is 11.4. The molecule has 0 saturated carbocycles. The summed E-state index contributed by atoms with van der Waals surface area (Å²) in [5.41, 5.74) is -12.4. The third kappa shape index (κ3) is 17.2. The minimum Gasteiger partial charge on any atom is -0.421 e. The van der Waals surface area contributed by atoms with E-state index in [1.807, 2.05) is 0 Å². The van der Waals surface area contributed by atoms with Crippen LogP contribution in [0.5, 0.6) is 0 Å². The lowest BCUT2D eigenvalue weighted by Crippen LogP contribution is -2.50. The van der Waals surface area contributed by atoms with E-state index >= 15 is 0 Å². The van der Waals surface area contributed by atoms with Crippen LogP contribution in [-0.2, 0) is 20.0 Å². The zero-order valence-electron chi connectivity index (χ0n) is 23.3. The first-order valence-corrected chi connectivity index (χ1v) is 16.5. The summed E-state index contributed by atoms with van der Waals surface area (Å²) in [5.74, 6) is 0. The van der Waals surface area contributed by atoms with Crippen LogP contribution >= 0.6 is 0 Å². The van der Waals surface area contributed by atoms with Crippen molar-refractivity contribution in [1.29, 1.82) is 0 Å². The number of hydrogen-bond acceptors (Lipinski definition) is 4. The summed E-state index contributed by atoms with van der Waals surface area (Å²) in [6.07, 6.45) is 19.9. The maximum Gasteiger partial charge on any atom is 0.480 e. The number of halogens is 6. The van der Waals surface area contributed by atoms with Gasteiger partial charge in [-0.15, -0.1) is 0 Å². The van der Waals surface area contributed by atoms with Gasteiger partial charge in [0.25, 0.3) is 0 Å². The van der Waals surface area contributed by atoms with E-state index in [0.29, 0.717) is 0 Å². The van der Waals surface area contributed by atoms with Crippen LogP contribution in [0.4, 0.5) is 26.3 Å². The Labute approximate surface area is 226 Å². The Morgan fingerprint density at radius 2 is 0.737 bits per heavy atom. The van der Waals surface area contributed by atoms with Gasteiger partial charge in [-0.2, -0.15) is 26.3 Å². The van der Waals surface area contributed by atoms with Crippen LogP contribution in [0.15, 0.2) is 0 Å². The summed E-state index contributed by atoms with van der Waals surface area (Å²) in [7, 11) is -13.4. The molecule has 0 rings (SSSR count). The molecule has 0 bridgehead atoms. The molecule has 232 valence electrons. The van der Waals surface area contributed by atoms with Crippen molar-refractivity contribution in [3.8, 4) is 0 Å². The normalized spacial score (nSPS) is 13.3. The third-order valence-electron chi connectivity index (χ3n) is 6.23. The molecule has 0 atom stereocenters. The third-order valence-corrected chi connectivity index (χ3v) is 8.97. The quantitative estimate of drug-likeness (QED) is 0.0792. The molecule has 0 radical (unpaired) electrons. The van der Waals surface area contributed by atoms with Crippen LogP contribution in [-0.4, -0.2) is 58.5 Å². The molecule has 6 nitrogen and oxygen atoms in total. The van der Waals surface area contributed by atoms with Crippen molar-refractivity contribution in [2.75, 3.05) is 26.2 Å². The van der Waals surface area contributed by atoms with Gasteiger partial charge in [0, 0.05) is 0 Å². The first-order chi connectivity index (χ1) is 17.4. The highest BCUT2D eigenvalue weighted by molar-refractivity contribution is 8.13. The van der Waals surface area contributed by atoms with E-state index in [4.69, 9.17) is 0 Å². The number of hydrogen-bond donors (Lipinski definition) is 0. The molecule has 0 aliphatic carbocycles. The lowest BCUT2D eigenvalue weighted by Gasteiger charge is -2.39. The van der Waals surface area contributed by atoms with Crippen molar-refractivity contribution < 1.29 is 47.7 Å². The van der Waals surface area contributed by atoms with Gasteiger partial charge >= 0.3 is 11.0 Å². The van der Waals surface area contributed by atoms with Crippen molar-refractivity contribution in [2.24, 2.45) is 0 Å². The predicted octanol–water partition coefficient (Wildman–Crippen LogP) is 8.40. The Morgan fingerprint density at radius 3 is 1.03 bits per heavy atom. The minimum absolute atomic E-state index is 0.778. The molecule has 14 heteroatoms. The number of alkyl halides is 6. The van der Waals surface area contributed by atoms with Crippen LogP contribution < -0.4 is 0 Å². The lowest BCUT2D eigenvalue weighted by atomic mass is 10.1. The Balaban J connectivity index is 0. The van der Waals surface area contributed by atoms with Gasteiger partial charge in [0.05, 0.1) is 26.2 Å². The van der Waals surface area contributed by atoms with E-state index in [9.17, 15) is 43.2 Å². The second-order valence-corrected chi connectivity index (χ2v) is 13.1. The largest absolute Gasteiger partial charge is 0.480 e. The van der Waals surface area contributed by atoms with Crippen LogP contribution in [0.25, 0.3) is 4.13 Å². The molecule has 0 saturated heterocycles. The summed E-state index contributed by atoms with van der Waals surface area (Å²) in [5, 5.41) is 0. The number of sulfonamides is 2. The van der Waals surface area contributed by atoms with Gasteiger partial charge < -0.3 is 8.61 Å². The van der Waals surface area contributed by atoms with E-state index in [2.05, 4.69) is 27.7 Å². The second-order valence-electron chi connectivity index (χ2n) is 9.69. The zero-order valence-corrected chi connectivity index (χ0v) is 25.0. The fraction of sp³-hybridized carbons (Fsp3) is 1.00. The van der Waals surface area contributed by atoms with Crippen LogP contribution in [0.1, 0.15) is 118 Å². The molecule has 0 aromatic heterocycles. The highest BCUT2D eigenvalue weighted by Gasteiger charge is 2.46. The van der Waals surface area contributed by atoms with Crippen molar-refractivity contribution in [2.45, 2.75) is 129 Å². The Bertz CT molecular complexity index is 738. The Morgan fingerprint density at radius 1 is 0.474 bits per heavy atom. The van der Waals surface area contributed by atoms with Crippen molar-refractivity contribution >= 4 is 20.0 Å². The van der Waals surface area contributed by atoms with Gasteiger partial charge in [-0.3, -0.25) is 0 Å². The van der Waals surface area contributed by atoms with Crippen LogP contribution in [0, 0.1) is 0 Å². The average molecular weight is 607 g/mol. The van der Waals surface area contributed by atoms with E-state index in [1.54, 1.807) is 0 Å². The van der Waals surface area contributed by atoms with Gasteiger partial charge in [-0.05, 0) is 32.1 Å². The number of quaternary nitrogens is 1. The second kappa shape index (κ2) is 19.5. The number of rotatable bonds is 20. The lowest BCUT2D eigenvalue weighted by molar-refractivity contribution is -0.929. The summed E-state index contributed by atoms with van der Waals surface area (Å²) < 4.78 is 111. The molecule has 0 unspecified atom stereocenters. The van der Waals surface area contributed by atoms with Gasteiger partial charge in [-0.25, -0.2) is 16.8 Å². The molecule has 0 aromatic carbocycles. The number of unbranched alkanes of at least 4 members (excludes halogenated alkanes) is 10. The highest BCUT2D eigenvalue weighted by atomic mass is 32.3. The first kappa shape index (κ1) is 39.5. The van der Waals surface area contributed by atoms with Crippen LogP contribution in [0.2, 0.25) is 0 Å². The molecule has 0 spiro atoms. The molecular formula is C24H48F6N2O4S2. The smallest absolute Gasteiger partial charge is 0.421 e. The Hall–Kier alpha value is -0.600. The predicted molar refractivity (Wildman–Crippen MR) is 140 cm³/mol. The maximum absolute atomic E-state index is 11.4. The molecule has 0 amide bonds. The summed E-state index contributed by atoms with van der Waals surface area (Å²) in [4.78, 5) is 0. The SMILES string of the molecule is CCCCCCCCCC[N+](CCCC)(CCCC)CCCC.O=S(=O)([N-]S(=O)(=O)C(F)(F)F)C(F)(F)F. The molecule has 0 N–H and O–H groups in total. The fourth-order valence-corrected chi connectivity index (χ4v) is 5.66. The van der Waals surface area contributed by atoms with E-state index in [1.165, 1.54) is 121 Å². The molecule has 0 aliphatic rings. The van der Waals surface area contributed by atoms with Gasteiger partial charge in [0.2, 0.25) is 0 Å². The van der Waals surface area contributed by atoms with Crippen molar-refractivity contribution in [1.82, 2.24) is 0 Å². The highest BCUT2D eigenvalue weighted by Crippen LogP contribution is 2.36. The topological polar surface area (TPSA) is 82.4 Å². The fourth-order valence-electron chi connectivity index (χ4n) is 3.95. The first-order valence-electron chi connectivity index (χ1n) is 13.7. The van der Waals surface area contributed by atoms with Gasteiger partial charge in [0.1, 0.15) is 0 Å². The molecule has 38 heavy (non-hydrogen) atoms. The summed E-state index contributed by atoms with van der Waals surface area (Å²) in [6, 6.07) is 0. The molecule has 0 aliphatic heterocycles. The van der Waals surface area contributed by atoms with Crippen molar-refractivity contribution in [3.05, 3.63) is 4.13 Å². The van der Waals surface area contributed by atoms with E-state index in [-0.39, 0.29) is 0 Å².